The first-order valence-corrected chi connectivity index (χ1v) is 10.6. The average molecular weight is 450 g/mol. The number of rotatable bonds is 3. The van der Waals surface area contributed by atoms with Crippen LogP contribution in [0.4, 0.5) is 0 Å². The number of nitrogens with zero attached hydrogens (tertiary/aromatic N) is 3. The molecule has 1 unspecified atom stereocenters. The van der Waals surface area contributed by atoms with Gasteiger partial charge in [0.15, 0.2) is 5.60 Å². The van der Waals surface area contributed by atoms with Gasteiger partial charge in [-0.25, -0.2) is 9.78 Å². The zero-order valence-corrected chi connectivity index (χ0v) is 18.3. The van der Waals surface area contributed by atoms with Gasteiger partial charge in [0, 0.05) is 30.8 Å². The Labute approximate surface area is 190 Å². The maximum absolute atomic E-state index is 13.2. The lowest BCUT2D eigenvalue weighted by Gasteiger charge is -2.24. The van der Waals surface area contributed by atoms with Crippen molar-refractivity contribution in [3.8, 4) is 11.6 Å². The summed E-state index contributed by atoms with van der Waals surface area (Å²) in [5, 5.41) is 0.274. The number of halogens is 1. The minimum atomic E-state index is -0.791. The van der Waals surface area contributed by atoms with Crippen LogP contribution in [0.15, 0.2) is 48.7 Å². The summed E-state index contributed by atoms with van der Waals surface area (Å²) in [6.07, 6.45) is 2.21. The number of ether oxygens (including phenoxy) is 2. The van der Waals surface area contributed by atoms with Crippen LogP contribution in [0.5, 0.6) is 11.6 Å². The summed E-state index contributed by atoms with van der Waals surface area (Å²) in [6, 6.07) is 12.2. The van der Waals surface area contributed by atoms with Crippen LogP contribution >= 0.6 is 11.6 Å². The van der Waals surface area contributed by atoms with Gasteiger partial charge in [0.1, 0.15) is 5.75 Å². The Morgan fingerprint density at radius 3 is 2.84 bits per heavy atom. The van der Waals surface area contributed by atoms with Gasteiger partial charge in [-0.05, 0) is 32.0 Å². The molecule has 1 atom stereocenters. The van der Waals surface area contributed by atoms with Crippen molar-refractivity contribution in [2.45, 2.75) is 25.9 Å². The Kier molecular flexibility index (Phi) is 4.86. The summed E-state index contributed by atoms with van der Waals surface area (Å²) in [7, 11) is 0. The van der Waals surface area contributed by atoms with Crippen molar-refractivity contribution in [1.29, 1.82) is 0 Å². The first-order chi connectivity index (χ1) is 15.4. The monoisotopic (exact) mass is 449 g/mol. The van der Waals surface area contributed by atoms with Gasteiger partial charge in [-0.1, -0.05) is 29.8 Å². The van der Waals surface area contributed by atoms with E-state index < -0.39 is 5.60 Å². The molecule has 3 heterocycles. The van der Waals surface area contributed by atoms with Crippen molar-refractivity contribution in [2.75, 3.05) is 13.1 Å². The molecule has 0 aliphatic carbocycles. The highest BCUT2D eigenvalue weighted by Crippen LogP contribution is 2.43. The molecular formula is C24H20ClN3O4. The number of esters is 1. The lowest BCUT2D eigenvalue weighted by molar-refractivity contribution is -0.00306. The second-order valence-corrected chi connectivity index (χ2v) is 8.46. The Morgan fingerprint density at radius 1 is 1.22 bits per heavy atom. The highest BCUT2D eigenvalue weighted by Gasteiger charge is 2.51. The van der Waals surface area contributed by atoms with Gasteiger partial charge in [-0.15, -0.1) is 0 Å². The fourth-order valence-corrected chi connectivity index (χ4v) is 4.48. The van der Waals surface area contributed by atoms with Crippen LogP contribution in [0.1, 0.15) is 44.1 Å². The number of aromatic nitrogens is 2. The molecule has 1 spiro atoms. The molecular weight excluding hydrogens is 430 g/mol. The number of hydrogen-bond acceptors (Lipinski definition) is 6. The van der Waals surface area contributed by atoms with E-state index in [2.05, 4.69) is 9.97 Å². The molecule has 1 fully saturated rings. The highest BCUT2D eigenvalue weighted by atomic mass is 35.5. The molecule has 1 aromatic heterocycles. The van der Waals surface area contributed by atoms with E-state index in [1.165, 1.54) is 0 Å². The van der Waals surface area contributed by atoms with E-state index in [1.54, 1.807) is 42.3 Å². The first kappa shape index (κ1) is 20.5. The molecule has 8 heteroatoms. The molecule has 0 radical (unpaired) electrons. The molecule has 2 aromatic carbocycles. The molecule has 162 valence electrons. The number of carbonyl (C=O) groups is 2. The van der Waals surface area contributed by atoms with Crippen molar-refractivity contribution < 1.29 is 19.1 Å². The van der Waals surface area contributed by atoms with E-state index in [1.807, 2.05) is 25.1 Å². The van der Waals surface area contributed by atoms with Gasteiger partial charge in [0.05, 0.1) is 34.1 Å². The number of aryl methyl sites for hydroxylation is 2. The van der Waals surface area contributed by atoms with E-state index >= 15 is 0 Å². The topological polar surface area (TPSA) is 81.6 Å². The normalized spacial score (nSPS) is 19.2. The van der Waals surface area contributed by atoms with Crippen molar-refractivity contribution >= 4 is 23.5 Å². The Hall–Kier alpha value is -3.45. The average Bonchev–Trinajstić information content (AvgIpc) is 3.32. The SMILES string of the molecule is Cc1cnc(C)c(Oc2ccc(C(=O)N3CCC4(C3)OC(=O)c3ccccc34)c(Cl)c2)n1. The Morgan fingerprint density at radius 2 is 2.03 bits per heavy atom. The quantitative estimate of drug-likeness (QED) is 0.549. The second kappa shape index (κ2) is 7.60. The van der Waals surface area contributed by atoms with Gasteiger partial charge >= 0.3 is 5.97 Å². The molecule has 7 nitrogen and oxygen atoms in total. The van der Waals surface area contributed by atoms with E-state index in [0.29, 0.717) is 48.0 Å². The van der Waals surface area contributed by atoms with Gasteiger partial charge in [0.2, 0.25) is 5.88 Å². The summed E-state index contributed by atoms with van der Waals surface area (Å²) in [5.41, 5.74) is 2.36. The number of fused-ring (bicyclic) bond motifs is 2. The smallest absolute Gasteiger partial charge is 0.339 e. The van der Waals surface area contributed by atoms with Crippen LogP contribution in [0.3, 0.4) is 0 Å². The number of hydrogen-bond donors (Lipinski definition) is 0. The van der Waals surface area contributed by atoms with Crippen LogP contribution in [-0.2, 0) is 10.3 Å². The van der Waals surface area contributed by atoms with Crippen molar-refractivity contribution in [1.82, 2.24) is 14.9 Å². The first-order valence-electron chi connectivity index (χ1n) is 10.3. The van der Waals surface area contributed by atoms with Crippen molar-refractivity contribution in [3.05, 3.63) is 81.8 Å². The molecule has 32 heavy (non-hydrogen) atoms. The predicted octanol–water partition coefficient (Wildman–Crippen LogP) is 4.45. The summed E-state index contributed by atoms with van der Waals surface area (Å²) in [6.45, 7) is 4.39. The largest absolute Gasteiger partial charge is 0.449 e. The molecule has 1 saturated heterocycles. The minimum Gasteiger partial charge on any atom is -0.449 e. The van der Waals surface area contributed by atoms with Crippen LogP contribution in [0.25, 0.3) is 0 Å². The zero-order valence-electron chi connectivity index (χ0n) is 17.6. The van der Waals surface area contributed by atoms with Crippen LogP contribution in [0, 0.1) is 13.8 Å². The third kappa shape index (κ3) is 3.39. The lowest BCUT2D eigenvalue weighted by Crippen LogP contribution is -2.34. The van der Waals surface area contributed by atoms with Crippen LogP contribution in [0.2, 0.25) is 5.02 Å². The molecule has 0 N–H and O–H groups in total. The predicted molar refractivity (Wildman–Crippen MR) is 117 cm³/mol. The van der Waals surface area contributed by atoms with E-state index in [4.69, 9.17) is 21.1 Å². The standard InChI is InChI=1S/C24H20ClN3O4/c1-14-12-26-15(2)21(27-14)31-16-7-8-18(20(25)11-16)22(29)28-10-9-24(13-28)19-6-4-3-5-17(19)23(30)32-24/h3-8,11-12H,9-10,13H2,1-2H3. The number of likely N-dealkylation sites (tertiary alicyclic amines) is 1. The third-order valence-electron chi connectivity index (χ3n) is 5.86. The number of amides is 1. The molecule has 2 aliphatic rings. The summed E-state index contributed by atoms with van der Waals surface area (Å²) < 4.78 is 11.6. The maximum Gasteiger partial charge on any atom is 0.339 e. The van der Waals surface area contributed by atoms with Gasteiger partial charge in [-0.3, -0.25) is 9.78 Å². The summed E-state index contributed by atoms with van der Waals surface area (Å²) >= 11 is 6.45. The Bertz CT molecular complexity index is 1260. The summed E-state index contributed by atoms with van der Waals surface area (Å²) in [4.78, 5) is 35.7. The number of benzene rings is 2. The number of carbonyl (C=O) groups excluding carboxylic acids is 2. The van der Waals surface area contributed by atoms with Crippen molar-refractivity contribution in [2.24, 2.45) is 0 Å². The van der Waals surface area contributed by atoms with Gasteiger partial charge < -0.3 is 14.4 Å². The minimum absolute atomic E-state index is 0.217. The van der Waals surface area contributed by atoms with Crippen molar-refractivity contribution in [3.63, 3.8) is 0 Å². The van der Waals surface area contributed by atoms with Gasteiger partial charge in [-0.2, -0.15) is 0 Å². The zero-order chi connectivity index (χ0) is 22.5. The fourth-order valence-electron chi connectivity index (χ4n) is 4.23. The molecule has 3 aromatic rings. The molecule has 5 rings (SSSR count). The van der Waals surface area contributed by atoms with E-state index in [-0.39, 0.29) is 16.9 Å². The lowest BCUT2D eigenvalue weighted by atomic mass is 9.91. The van der Waals surface area contributed by atoms with E-state index in [9.17, 15) is 9.59 Å². The molecule has 2 aliphatic heterocycles. The van der Waals surface area contributed by atoms with E-state index in [0.717, 1.165) is 11.3 Å². The molecule has 0 bridgehead atoms. The Balaban J connectivity index is 1.36. The highest BCUT2D eigenvalue weighted by molar-refractivity contribution is 6.34. The van der Waals surface area contributed by atoms with Gasteiger partial charge in [0.25, 0.3) is 5.91 Å². The summed E-state index contributed by atoms with van der Waals surface area (Å²) in [5.74, 6) is 0.295. The molecule has 0 saturated carbocycles. The van der Waals surface area contributed by atoms with Crippen LogP contribution in [-0.4, -0.2) is 39.8 Å². The van der Waals surface area contributed by atoms with Crippen LogP contribution < -0.4 is 4.74 Å². The third-order valence-corrected chi connectivity index (χ3v) is 6.18. The fraction of sp³-hybridized carbons (Fsp3) is 0.250. The molecule has 1 amide bonds. The second-order valence-electron chi connectivity index (χ2n) is 8.05. The maximum atomic E-state index is 13.2.